The molecule has 1 aromatic carbocycles. The number of halogens is 1. The van der Waals surface area contributed by atoms with Crippen LogP contribution in [0.4, 0.5) is 5.69 Å². The quantitative estimate of drug-likeness (QED) is 0.722. The van der Waals surface area contributed by atoms with Gasteiger partial charge in [0, 0.05) is 11.5 Å². The first kappa shape index (κ1) is 8.36. The molecule has 0 aromatic heterocycles. The second kappa shape index (κ2) is 3.11. The van der Waals surface area contributed by atoms with Crippen LogP contribution in [0.25, 0.3) is 0 Å². The molecular weight excluding hydrogens is 210 g/mol. The zero-order valence-electron chi connectivity index (χ0n) is 5.91. The fraction of sp³-hybridized carbons (Fsp3) is 0.143. The van der Waals surface area contributed by atoms with Crippen LogP contribution in [0, 0.1) is 0 Å². The third kappa shape index (κ3) is 1.85. The summed E-state index contributed by atoms with van der Waals surface area (Å²) in [5.41, 5.74) is 0.580. The van der Waals surface area contributed by atoms with Crippen molar-refractivity contribution in [3.8, 4) is 5.75 Å². The Morgan fingerprint density at radius 2 is 2.18 bits per heavy atom. The van der Waals surface area contributed by atoms with Gasteiger partial charge in [0.15, 0.2) is 0 Å². The third-order valence-electron chi connectivity index (χ3n) is 1.29. The topological polar surface area (TPSA) is 46.5 Å². The summed E-state index contributed by atoms with van der Waals surface area (Å²) in [6.45, 7) is 0. The Morgan fingerprint density at radius 1 is 1.55 bits per heavy atom. The lowest BCUT2D eigenvalue weighted by Crippen LogP contribution is -2.09. The predicted octanol–water partition coefficient (Wildman–Crippen LogP) is 1.35. The second-order valence-electron chi connectivity index (χ2n) is 2.14. The maximum Gasteiger partial charge on any atom is 0.0641 e. The van der Waals surface area contributed by atoms with Gasteiger partial charge in [-0.3, -0.25) is 10.3 Å². The molecular formula is C7H7BrNO2-. The zero-order chi connectivity index (χ0) is 8.43. The van der Waals surface area contributed by atoms with E-state index in [0.29, 0.717) is 10.2 Å². The predicted molar refractivity (Wildman–Crippen MR) is 43.8 cm³/mol. The van der Waals surface area contributed by atoms with E-state index >= 15 is 0 Å². The molecule has 11 heavy (non-hydrogen) atoms. The number of rotatable bonds is 1. The van der Waals surface area contributed by atoms with Gasteiger partial charge in [0.25, 0.3) is 0 Å². The highest BCUT2D eigenvalue weighted by Crippen LogP contribution is 2.25. The summed E-state index contributed by atoms with van der Waals surface area (Å²) in [6, 6.07) is 4.50. The third-order valence-corrected chi connectivity index (χ3v) is 1.91. The van der Waals surface area contributed by atoms with Crippen molar-refractivity contribution >= 4 is 21.6 Å². The van der Waals surface area contributed by atoms with E-state index in [1.165, 1.54) is 13.1 Å². The molecule has 0 fully saturated rings. The van der Waals surface area contributed by atoms with Gasteiger partial charge in [-0.05, 0) is 12.1 Å². The van der Waals surface area contributed by atoms with Crippen molar-refractivity contribution in [2.24, 2.45) is 0 Å². The van der Waals surface area contributed by atoms with Crippen molar-refractivity contribution in [3.05, 3.63) is 22.7 Å². The normalized spacial score (nSPS) is 9.73. The Hall–Kier alpha value is -0.740. The van der Waals surface area contributed by atoms with Crippen molar-refractivity contribution in [2.75, 3.05) is 12.1 Å². The van der Waals surface area contributed by atoms with E-state index in [0.717, 1.165) is 5.06 Å². The van der Waals surface area contributed by atoms with E-state index < -0.39 is 0 Å². The van der Waals surface area contributed by atoms with Crippen LogP contribution < -0.4 is 10.2 Å². The average molecular weight is 217 g/mol. The van der Waals surface area contributed by atoms with Crippen LogP contribution in [0.3, 0.4) is 0 Å². The lowest BCUT2D eigenvalue weighted by atomic mass is 10.3. The fourth-order valence-electron chi connectivity index (χ4n) is 0.691. The summed E-state index contributed by atoms with van der Waals surface area (Å²) in [7, 11) is 1.49. The van der Waals surface area contributed by atoms with Gasteiger partial charge in [-0.2, -0.15) is 0 Å². The minimum atomic E-state index is -0.0874. The van der Waals surface area contributed by atoms with Gasteiger partial charge in [0.1, 0.15) is 0 Å². The van der Waals surface area contributed by atoms with Crippen LogP contribution in [0.15, 0.2) is 22.7 Å². The highest BCUT2D eigenvalue weighted by atomic mass is 79.9. The standard InChI is InChI=1S/C7H8BrNO2/c1-9(11)5-2-3-7(10)6(8)4-5/h2-4,10-11H,1H3/p-1. The molecule has 0 saturated heterocycles. The first-order valence-corrected chi connectivity index (χ1v) is 3.79. The Kier molecular flexibility index (Phi) is 2.36. The molecule has 3 nitrogen and oxygen atoms in total. The van der Waals surface area contributed by atoms with Crippen LogP contribution in [-0.4, -0.2) is 12.3 Å². The summed E-state index contributed by atoms with van der Waals surface area (Å²) in [6.07, 6.45) is 0. The SMILES string of the molecule is CN(O)c1ccc([O-])c(Br)c1. The summed E-state index contributed by atoms with van der Waals surface area (Å²) < 4.78 is 0.455. The van der Waals surface area contributed by atoms with Crippen LogP contribution in [-0.2, 0) is 0 Å². The second-order valence-corrected chi connectivity index (χ2v) is 2.99. The van der Waals surface area contributed by atoms with E-state index in [1.807, 2.05) is 0 Å². The molecule has 0 amide bonds. The molecule has 0 atom stereocenters. The molecule has 60 valence electrons. The van der Waals surface area contributed by atoms with Crippen LogP contribution in [0.2, 0.25) is 0 Å². The molecule has 0 unspecified atom stereocenters. The van der Waals surface area contributed by atoms with Crippen molar-refractivity contribution in [2.45, 2.75) is 0 Å². The van der Waals surface area contributed by atoms with Gasteiger partial charge in [0.05, 0.1) is 5.69 Å². The highest BCUT2D eigenvalue weighted by Gasteiger charge is 1.96. The van der Waals surface area contributed by atoms with Gasteiger partial charge >= 0.3 is 0 Å². The van der Waals surface area contributed by atoms with E-state index in [2.05, 4.69) is 15.9 Å². The Bertz CT molecular complexity index is 263. The van der Waals surface area contributed by atoms with Gasteiger partial charge in [0.2, 0.25) is 0 Å². The van der Waals surface area contributed by atoms with Gasteiger partial charge in [-0.1, -0.05) is 27.7 Å². The first-order valence-electron chi connectivity index (χ1n) is 3.00. The maximum atomic E-state index is 10.8. The number of anilines is 1. The summed E-state index contributed by atoms with van der Waals surface area (Å²) in [5.74, 6) is -0.0874. The number of hydrogen-bond donors (Lipinski definition) is 1. The molecule has 0 heterocycles. The molecule has 0 aliphatic carbocycles. The van der Waals surface area contributed by atoms with Gasteiger partial charge in [-0.25, -0.2) is 0 Å². The van der Waals surface area contributed by atoms with Crippen LogP contribution >= 0.6 is 15.9 Å². The average Bonchev–Trinajstić information content (AvgIpc) is 1.94. The molecule has 0 radical (unpaired) electrons. The molecule has 0 bridgehead atoms. The zero-order valence-corrected chi connectivity index (χ0v) is 7.50. The molecule has 0 aliphatic rings. The van der Waals surface area contributed by atoms with E-state index in [-0.39, 0.29) is 5.75 Å². The Balaban J connectivity index is 3.05. The minimum absolute atomic E-state index is 0.0874. The summed E-state index contributed by atoms with van der Waals surface area (Å²) in [5, 5.41) is 20.7. The Labute approximate surface area is 73.0 Å². The monoisotopic (exact) mass is 216 g/mol. The van der Waals surface area contributed by atoms with Crippen molar-refractivity contribution in [3.63, 3.8) is 0 Å². The largest absolute Gasteiger partial charge is 0.872 e. The lowest BCUT2D eigenvalue weighted by molar-refractivity contribution is -0.269. The molecule has 0 saturated carbocycles. The lowest BCUT2D eigenvalue weighted by Gasteiger charge is -2.14. The number of nitrogens with zero attached hydrogens (tertiary/aromatic N) is 1. The number of benzene rings is 1. The summed E-state index contributed by atoms with van der Waals surface area (Å²) in [4.78, 5) is 0. The van der Waals surface area contributed by atoms with E-state index in [4.69, 9.17) is 5.21 Å². The molecule has 1 aromatic rings. The van der Waals surface area contributed by atoms with Crippen molar-refractivity contribution < 1.29 is 10.3 Å². The number of hydroxylamine groups is 1. The smallest absolute Gasteiger partial charge is 0.0641 e. The van der Waals surface area contributed by atoms with E-state index in [1.54, 1.807) is 12.1 Å². The molecule has 0 spiro atoms. The summed E-state index contributed by atoms with van der Waals surface area (Å²) >= 11 is 3.06. The molecule has 1 N–H and O–H groups in total. The molecule has 4 heteroatoms. The van der Waals surface area contributed by atoms with E-state index in [9.17, 15) is 5.11 Å². The minimum Gasteiger partial charge on any atom is -0.872 e. The van der Waals surface area contributed by atoms with Crippen molar-refractivity contribution in [1.29, 1.82) is 0 Å². The van der Waals surface area contributed by atoms with Crippen LogP contribution in [0.1, 0.15) is 0 Å². The van der Waals surface area contributed by atoms with Gasteiger partial charge < -0.3 is 5.11 Å². The number of hydrogen-bond acceptors (Lipinski definition) is 3. The highest BCUT2D eigenvalue weighted by molar-refractivity contribution is 9.10. The van der Waals surface area contributed by atoms with Gasteiger partial charge in [-0.15, -0.1) is 0 Å². The molecule has 0 aliphatic heterocycles. The Morgan fingerprint density at radius 3 is 2.64 bits per heavy atom. The fourth-order valence-corrected chi connectivity index (χ4v) is 1.06. The van der Waals surface area contributed by atoms with Crippen LogP contribution in [0.5, 0.6) is 5.75 Å². The van der Waals surface area contributed by atoms with Crippen molar-refractivity contribution in [1.82, 2.24) is 0 Å². The first-order chi connectivity index (χ1) is 5.11. The maximum absolute atomic E-state index is 10.8. The molecule has 1 rings (SSSR count).